The van der Waals surface area contributed by atoms with Crippen molar-refractivity contribution >= 4 is 21.6 Å². The number of hydroxylamine groups is 1. The highest BCUT2D eigenvalue weighted by Gasteiger charge is 2.37. The average molecular weight is 227 g/mol. The van der Waals surface area contributed by atoms with Crippen LogP contribution in [-0.2, 0) is 4.84 Å². The van der Waals surface area contributed by atoms with Crippen LogP contribution in [0, 0.1) is 0 Å². The van der Waals surface area contributed by atoms with E-state index in [1.54, 1.807) is 10.8 Å². The summed E-state index contributed by atoms with van der Waals surface area (Å²) in [6, 6.07) is 0. The molecule has 0 aromatic heterocycles. The maximum absolute atomic E-state index is 9.44. The average Bonchev–Trinajstić information content (AvgIpc) is 2.13. The molecule has 1 aliphatic heterocycles. The highest BCUT2D eigenvalue weighted by Crippen LogP contribution is 2.22. The van der Waals surface area contributed by atoms with E-state index in [4.69, 9.17) is 9.94 Å². The lowest BCUT2D eigenvalue weighted by atomic mass is 10.1. The summed E-state index contributed by atoms with van der Waals surface area (Å²) in [5.74, 6) is 0.555. The highest BCUT2D eigenvalue weighted by molar-refractivity contribution is 8.76. The Hall–Kier alpha value is 0.500. The summed E-state index contributed by atoms with van der Waals surface area (Å²) in [4.78, 5) is 4.93. The Morgan fingerprint density at radius 2 is 2.00 bits per heavy atom. The molecule has 0 spiro atoms. The first-order valence-corrected chi connectivity index (χ1v) is 6.50. The van der Waals surface area contributed by atoms with Crippen LogP contribution in [0.3, 0.4) is 0 Å². The minimum absolute atomic E-state index is 0.490. The first-order chi connectivity index (χ1) is 6.16. The van der Waals surface area contributed by atoms with Crippen LogP contribution in [-0.4, -0.2) is 51.9 Å². The molecule has 4 N–H and O–H groups in total. The van der Waals surface area contributed by atoms with Gasteiger partial charge in [-0.05, 0) is 6.26 Å². The summed E-state index contributed by atoms with van der Waals surface area (Å²) in [6.45, 7) is 0. The van der Waals surface area contributed by atoms with Gasteiger partial charge < -0.3 is 15.3 Å². The van der Waals surface area contributed by atoms with Crippen molar-refractivity contribution in [1.29, 1.82) is 0 Å². The van der Waals surface area contributed by atoms with Gasteiger partial charge in [0.25, 0.3) is 0 Å². The van der Waals surface area contributed by atoms with Gasteiger partial charge in [0.15, 0.2) is 6.23 Å². The lowest BCUT2D eigenvalue weighted by molar-refractivity contribution is -0.229. The van der Waals surface area contributed by atoms with Crippen molar-refractivity contribution in [2.75, 3.05) is 12.0 Å². The van der Waals surface area contributed by atoms with Crippen molar-refractivity contribution in [1.82, 2.24) is 5.48 Å². The first kappa shape index (κ1) is 11.6. The van der Waals surface area contributed by atoms with Crippen LogP contribution in [0.5, 0.6) is 0 Å². The third kappa shape index (κ3) is 2.98. The smallest absolute Gasteiger partial charge is 0.155 e. The van der Waals surface area contributed by atoms with E-state index >= 15 is 0 Å². The molecule has 0 bridgehead atoms. The van der Waals surface area contributed by atoms with Gasteiger partial charge in [-0.3, -0.25) is 4.84 Å². The van der Waals surface area contributed by atoms with E-state index in [2.05, 4.69) is 5.48 Å². The summed E-state index contributed by atoms with van der Waals surface area (Å²) in [6.07, 6.45) is -2.03. The molecule has 3 unspecified atom stereocenters. The van der Waals surface area contributed by atoms with E-state index in [0.717, 1.165) is 0 Å². The van der Waals surface area contributed by atoms with Gasteiger partial charge in [0.05, 0.1) is 0 Å². The molecule has 0 amide bonds. The quantitative estimate of drug-likeness (QED) is 0.458. The van der Waals surface area contributed by atoms with Gasteiger partial charge in [-0.2, -0.15) is 5.48 Å². The predicted molar refractivity (Wildman–Crippen MR) is 52.0 cm³/mol. The summed E-state index contributed by atoms with van der Waals surface area (Å²) in [5, 5.41) is 27.7. The Morgan fingerprint density at radius 1 is 1.31 bits per heavy atom. The third-order valence-corrected chi connectivity index (χ3v) is 3.56. The van der Waals surface area contributed by atoms with Crippen molar-refractivity contribution in [3.63, 3.8) is 0 Å². The molecule has 1 aliphatic rings. The zero-order valence-electron chi connectivity index (χ0n) is 7.08. The second-order valence-electron chi connectivity index (χ2n) is 2.65. The summed E-state index contributed by atoms with van der Waals surface area (Å²) < 4.78 is 0. The summed E-state index contributed by atoms with van der Waals surface area (Å²) in [7, 11) is 3.07. The molecule has 1 heterocycles. The van der Waals surface area contributed by atoms with Gasteiger partial charge in [-0.15, -0.1) is 0 Å². The third-order valence-electron chi connectivity index (χ3n) is 1.74. The predicted octanol–water partition coefficient (Wildman–Crippen LogP) is -1.06. The van der Waals surface area contributed by atoms with Crippen molar-refractivity contribution in [2.45, 2.75) is 24.5 Å². The van der Waals surface area contributed by atoms with Crippen LogP contribution in [0.4, 0.5) is 0 Å². The second-order valence-corrected chi connectivity index (χ2v) is 5.26. The van der Waals surface area contributed by atoms with Crippen LogP contribution >= 0.6 is 21.6 Å². The normalized spacial score (nSPS) is 40.6. The number of aliphatic hydroxyl groups is 3. The molecule has 0 aromatic rings. The molecule has 0 saturated carbocycles. The molecule has 0 radical (unpaired) electrons. The van der Waals surface area contributed by atoms with Crippen molar-refractivity contribution in [2.24, 2.45) is 0 Å². The number of hydrogen-bond donors (Lipinski definition) is 4. The molecule has 5 nitrogen and oxygen atoms in total. The van der Waals surface area contributed by atoms with Crippen molar-refractivity contribution in [3.8, 4) is 0 Å². The molecule has 78 valence electrons. The lowest BCUT2D eigenvalue weighted by Crippen LogP contribution is -2.59. The summed E-state index contributed by atoms with van der Waals surface area (Å²) in [5.41, 5.74) is 2.24. The van der Waals surface area contributed by atoms with E-state index < -0.39 is 24.5 Å². The Kier molecular flexibility index (Phi) is 4.81. The number of rotatable bonds is 3. The van der Waals surface area contributed by atoms with E-state index in [1.807, 2.05) is 6.26 Å². The summed E-state index contributed by atoms with van der Waals surface area (Å²) >= 11 is 0. The zero-order chi connectivity index (χ0) is 9.84. The van der Waals surface area contributed by atoms with Gasteiger partial charge >= 0.3 is 0 Å². The molecule has 1 rings (SSSR count). The Morgan fingerprint density at radius 3 is 2.62 bits per heavy atom. The molecular formula is C6H13NO4S2. The van der Waals surface area contributed by atoms with E-state index in [9.17, 15) is 10.2 Å². The minimum Gasteiger partial charge on any atom is -0.387 e. The van der Waals surface area contributed by atoms with Crippen LogP contribution in [0.2, 0.25) is 0 Å². The maximum Gasteiger partial charge on any atom is 0.155 e. The van der Waals surface area contributed by atoms with Crippen molar-refractivity contribution in [3.05, 3.63) is 0 Å². The van der Waals surface area contributed by atoms with Gasteiger partial charge in [-0.25, -0.2) is 0 Å². The van der Waals surface area contributed by atoms with Crippen molar-refractivity contribution < 1.29 is 20.2 Å². The highest BCUT2D eigenvalue weighted by atomic mass is 33.1. The Bertz CT molecular complexity index is 160. The molecular weight excluding hydrogens is 214 g/mol. The standard InChI is InChI=1S/C6H13NO4S2/c1-12-13-2-3-4(8)5(9)6(10)7-11-3/h3-10H,2H2,1H3/t3?,4?,5?,6-/m1/s1. The van der Waals surface area contributed by atoms with Crippen LogP contribution in [0.1, 0.15) is 0 Å². The van der Waals surface area contributed by atoms with Crippen LogP contribution in [0.15, 0.2) is 0 Å². The number of nitrogens with one attached hydrogen (secondary N) is 1. The topological polar surface area (TPSA) is 82.0 Å². The first-order valence-electron chi connectivity index (χ1n) is 3.77. The molecule has 0 aliphatic carbocycles. The van der Waals surface area contributed by atoms with Gasteiger partial charge in [-0.1, -0.05) is 21.6 Å². The molecule has 13 heavy (non-hydrogen) atoms. The zero-order valence-corrected chi connectivity index (χ0v) is 8.72. The fraction of sp³-hybridized carbons (Fsp3) is 1.00. The Labute approximate surface area is 84.2 Å². The fourth-order valence-electron chi connectivity index (χ4n) is 0.971. The van der Waals surface area contributed by atoms with E-state index in [1.165, 1.54) is 10.8 Å². The minimum atomic E-state index is -1.22. The number of hydrogen-bond acceptors (Lipinski definition) is 7. The molecule has 7 heteroatoms. The molecule has 1 fully saturated rings. The van der Waals surface area contributed by atoms with Crippen LogP contribution < -0.4 is 5.48 Å². The molecule has 1 saturated heterocycles. The van der Waals surface area contributed by atoms with Gasteiger partial charge in [0.1, 0.15) is 18.3 Å². The second kappa shape index (κ2) is 5.40. The lowest BCUT2D eigenvalue weighted by Gasteiger charge is -2.34. The van der Waals surface area contributed by atoms with Gasteiger partial charge in [0.2, 0.25) is 0 Å². The Balaban J connectivity index is 2.39. The molecule has 4 atom stereocenters. The van der Waals surface area contributed by atoms with Crippen LogP contribution in [0.25, 0.3) is 0 Å². The largest absolute Gasteiger partial charge is 0.387 e. The van der Waals surface area contributed by atoms with E-state index in [0.29, 0.717) is 5.75 Å². The van der Waals surface area contributed by atoms with E-state index in [-0.39, 0.29) is 0 Å². The fourth-order valence-corrected chi connectivity index (χ4v) is 2.32. The SMILES string of the molecule is CSSCC1ON[C@H](O)C(O)C1O. The van der Waals surface area contributed by atoms with Gasteiger partial charge in [0, 0.05) is 5.75 Å². The number of aliphatic hydroxyl groups excluding tert-OH is 3. The molecule has 0 aromatic carbocycles. The monoisotopic (exact) mass is 227 g/mol. The maximum atomic E-state index is 9.44.